The highest BCUT2D eigenvalue weighted by molar-refractivity contribution is 5.83. The Morgan fingerprint density at radius 2 is 1.89 bits per heavy atom. The van der Waals surface area contributed by atoms with Crippen molar-refractivity contribution in [3.8, 4) is 0 Å². The quantitative estimate of drug-likeness (QED) is 0.568. The third-order valence-corrected chi connectivity index (χ3v) is 1.28. The van der Waals surface area contributed by atoms with E-state index in [4.69, 9.17) is 5.73 Å². The molecule has 0 amide bonds. The van der Waals surface area contributed by atoms with Crippen molar-refractivity contribution >= 4 is 5.71 Å². The first-order chi connectivity index (χ1) is 4.35. The normalized spacial score (nSPS) is 9.22. The van der Waals surface area contributed by atoms with Gasteiger partial charge in [-0.15, -0.1) is 0 Å². The monoisotopic (exact) mass is 128 g/mol. The third-order valence-electron chi connectivity index (χ3n) is 1.28. The minimum Gasteiger partial charge on any atom is -0.329 e. The summed E-state index contributed by atoms with van der Waals surface area (Å²) < 4.78 is 0. The summed E-state index contributed by atoms with van der Waals surface area (Å²) in [6.07, 6.45) is 2.13. The number of hydrogen-bond acceptors (Lipinski definition) is 2. The van der Waals surface area contributed by atoms with Gasteiger partial charge in [0.25, 0.3) is 0 Å². The fraction of sp³-hybridized carbons (Fsp3) is 0.857. The summed E-state index contributed by atoms with van der Waals surface area (Å²) in [7, 11) is 0. The number of nitrogens with zero attached hydrogens (tertiary/aromatic N) is 1. The molecule has 0 fully saturated rings. The third kappa shape index (κ3) is 4.15. The Hall–Kier alpha value is -0.370. The Balaban J connectivity index is 3.48. The zero-order chi connectivity index (χ0) is 7.11. The van der Waals surface area contributed by atoms with Crippen LogP contribution in [0, 0.1) is 0 Å². The minimum absolute atomic E-state index is 0.670. The fourth-order valence-electron chi connectivity index (χ4n) is 0.696. The van der Waals surface area contributed by atoms with Crippen molar-refractivity contribution in [3.63, 3.8) is 0 Å². The van der Waals surface area contributed by atoms with Gasteiger partial charge in [0.1, 0.15) is 0 Å². The molecule has 0 spiro atoms. The first-order valence-corrected chi connectivity index (χ1v) is 3.57. The van der Waals surface area contributed by atoms with Crippen molar-refractivity contribution in [2.24, 2.45) is 10.7 Å². The van der Waals surface area contributed by atoms with Crippen molar-refractivity contribution in [2.75, 3.05) is 13.1 Å². The lowest BCUT2D eigenvalue weighted by Crippen LogP contribution is -2.05. The van der Waals surface area contributed by atoms with E-state index in [9.17, 15) is 0 Å². The van der Waals surface area contributed by atoms with Gasteiger partial charge in [-0.05, 0) is 12.8 Å². The fourth-order valence-corrected chi connectivity index (χ4v) is 0.696. The van der Waals surface area contributed by atoms with Gasteiger partial charge in [0.05, 0.1) is 6.54 Å². The lowest BCUT2D eigenvalue weighted by molar-refractivity contribution is 0.955. The molecule has 0 aromatic heterocycles. The van der Waals surface area contributed by atoms with Gasteiger partial charge >= 0.3 is 0 Å². The SMILES string of the molecule is CCC(CC)=NCCN. The van der Waals surface area contributed by atoms with Gasteiger partial charge in [0.2, 0.25) is 0 Å². The van der Waals surface area contributed by atoms with Gasteiger partial charge in [-0.1, -0.05) is 13.8 Å². The molecule has 0 radical (unpaired) electrons. The summed E-state index contributed by atoms with van der Waals surface area (Å²) >= 11 is 0. The van der Waals surface area contributed by atoms with Gasteiger partial charge in [-0.2, -0.15) is 0 Å². The predicted molar refractivity (Wildman–Crippen MR) is 41.9 cm³/mol. The first kappa shape index (κ1) is 8.63. The molecule has 2 nitrogen and oxygen atoms in total. The van der Waals surface area contributed by atoms with Gasteiger partial charge in [-0.3, -0.25) is 4.99 Å². The molecule has 0 rings (SSSR count). The second kappa shape index (κ2) is 5.76. The molecule has 0 saturated carbocycles. The molecular weight excluding hydrogens is 112 g/mol. The molecule has 0 aliphatic carbocycles. The molecule has 0 aliphatic rings. The second-order valence-electron chi connectivity index (χ2n) is 1.94. The van der Waals surface area contributed by atoms with Crippen LogP contribution in [-0.4, -0.2) is 18.8 Å². The van der Waals surface area contributed by atoms with Crippen LogP contribution >= 0.6 is 0 Å². The summed E-state index contributed by atoms with van der Waals surface area (Å²) in [5, 5.41) is 0. The molecule has 0 saturated heterocycles. The maximum absolute atomic E-state index is 5.28. The molecule has 0 unspecified atom stereocenters. The van der Waals surface area contributed by atoms with Crippen LogP contribution in [-0.2, 0) is 0 Å². The minimum atomic E-state index is 0.670. The molecular formula is C7H16N2. The van der Waals surface area contributed by atoms with E-state index >= 15 is 0 Å². The zero-order valence-corrected chi connectivity index (χ0v) is 6.35. The topological polar surface area (TPSA) is 38.4 Å². The number of hydrogen-bond donors (Lipinski definition) is 1. The maximum Gasteiger partial charge on any atom is 0.0511 e. The average Bonchev–Trinajstić information content (AvgIpc) is 1.91. The Kier molecular flexibility index (Phi) is 5.52. The smallest absolute Gasteiger partial charge is 0.0511 e. The van der Waals surface area contributed by atoms with Crippen LogP contribution in [0.25, 0.3) is 0 Å². The van der Waals surface area contributed by atoms with E-state index < -0.39 is 0 Å². The van der Waals surface area contributed by atoms with Crippen LogP contribution in [0.2, 0.25) is 0 Å². The van der Waals surface area contributed by atoms with Gasteiger partial charge in [0.15, 0.2) is 0 Å². The van der Waals surface area contributed by atoms with Crippen LogP contribution in [0.15, 0.2) is 4.99 Å². The highest BCUT2D eigenvalue weighted by Crippen LogP contribution is 1.90. The lowest BCUT2D eigenvalue weighted by atomic mass is 10.2. The summed E-state index contributed by atoms with van der Waals surface area (Å²) in [6.45, 7) is 5.71. The van der Waals surface area contributed by atoms with E-state index in [0.717, 1.165) is 19.4 Å². The summed E-state index contributed by atoms with van der Waals surface area (Å²) in [5.74, 6) is 0. The van der Waals surface area contributed by atoms with Gasteiger partial charge < -0.3 is 5.73 Å². The largest absolute Gasteiger partial charge is 0.329 e. The Morgan fingerprint density at radius 3 is 2.22 bits per heavy atom. The molecule has 0 aromatic rings. The number of nitrogens with two attached hydrogens (primary N) is 1. The molecule has 2 N–H and O–H groups in total. The standard InChI is InChI=1S/C7H16N2/c1-3-7(4-2)9-6-5-8/h3-6,8H2,1-2H3. The van der Waals surface area contributed by atoms with Crippen molar-refractivity contribution in [2.45, 2.75) is 26.7 Å². The van der Waals surface area contributed by atoms with Crippen LogP contribution in [0.5, 0.6) is 0 Å². The summed E-state index contributed by atoms with van der Waals surface area (Å²) in [5.41, 5.74) is 6.56. The number of aliphatic imine (C=N–C) groups is 1. The van der Waals surface area contributed by atoms with Crippen LogP contribution < -0.4 is 5.73 Å². The number of rotatable bonds is 4. The highest BCUT2D eigenvalue weighted by Gasteiger charge is 1.87. The summed E-state index contributed by atoms with van der Waals surface area (Å²) in [4.78, 5) is 4.27. The average molecular weight is 128 g/mol. The van der Waals surface area contributed by atoms with Crippen molar-refractivity contribution in [1.29, 1.82) is 0 Å². The van der Waals surface area contributed by atoms with Crippen molar-refractivity contribution in [1.82, 2.24) is 0 Å². The molecule has 0 atom stereocenters. The van der Waals surface area contributed by atoms with Gasteiger partial charge in [0, 0.05) is 12.3 Å². The van der Waals surface area contributed by atoms with E-state index in [0.29, 0.717) is 6.54 Å². The summed E-state index contributed by atoms with van der Waals surface area (Å²) in [6, 6.07) is 0. The Morgan fingerprint density at radius 1 is 1.33 bits per heavy atom. The Bertz CT molecular complexity index is 80.9. The van der Waals surface area contributed by atoms with Crippen LogP contribution in [0.3, 0.4) is 0 Å². The van der Waals surface area contributed by atoms with Crippen molar-refractivity contribution < 1.29 is 0 Å². The van der Waals surface area contributed by atoms with Crippen LogP contribution in [0.1, 0.15) is 26.7 Å². The highest BCUT2D eigenvalue weighted by atomic mass is 14.8. The zero-order valence-electron chi connectivity index (χ0n) is 6.35. The maximum atomic E-state index is 5.28. The first-order valence-electron chi connectivity index (χ1n) is 3.57. The molecule has 9 heavy (non-hydrogen) atoms. The van der Waals surface area contributed by atoms with E-state index in [1.807, 2.05) is 0 Å². The molecule has 0 aliphatic heterocycles. The van der Waals surface area contributed by atoms with E-state index in [1.165, 1.54) is 5.71 Å². The van der Waals surface area contributed by atoms with Gasteiger partial charge in [-0.25, -0.2) is 0 Å². The van der Waals surface area contributed by atoms with Crippen LogP contribution in [0.4, 0.5) is 0 Å². The molecule has 0 bridgehead atoms. The molecule has 2 heteroatoms. The second-order valence-corrected chi connectivity index (χ2v) is 1.94. The molecule has 0 heterocycles. The Labute approximate surface area is 57.2 Å². The van der Waals surface area contributed by atoms with E-state index in [2.05, 4.69) is 18.8 Å². The van der Waals surface area contributed by atoms with Crippen molar-refractivity contribution in [3.05, 3.63) is 0 Å². The molecule has 0 aromatic carbocycles. The molecule has 54 valence electrons. The van der Waals surface area contributed by atoms with E-state index in [1.54, 1.807) is 0 Å². The lowest BCUT2D eigenvalue weighted by Gasteiger charge is -1.96. The predicted octanol–water partition coefficient (Wildman–Crippen LogP) is 1.21. The van der Waals surface area contributed by atoms with E-state index in [-0.39, 0.29) is 0 Å².